The van der Waals surface area contributed by atoms with Crippen LogP contribution in [0.4, 0.5) is 4.39 Å². The summed E-state index contributed by atoms with van der Waals surface area (Å²) >= 11 is 1.64. The Morgan fingerprint density at radius 1 is 1.22 bits per heavy atom. The van der Waals surface area contributed by atoms with Gasteiger partial charge in [-0.15, -0.1) is 10.2 Å². The Morgan fingerprint density at radius 2 is 2.04 bits per heavy atom. The first-order valence-electron chi connectivity index (χ1n) is 8.55. The van der Waals surface area contributed by atoms with Gasteiger partial charge in [0, 0.05) is 18.7 Å². The highest BCUT2D eigenvalue weighted by Crippen LogP contribution is 2.28. The first-order chi connectivity index (χ1) is 11.3. The second-order valence-corrected chi connectivity index (χ2v) is 7.21. The van der Waals surface area contributed by atoms with Gasteiger partial charge in [-0.05, 0) is 30.5 Å². The molecule has 0 radical (unpaired) electrons. The second-order valence-electron chi connectivity index (χ2n) is 6.27. The highest BCUT2D eigenvalue weighted by Gasteiger charge is 2.19. The van der Waals surface area contributed by atoms with Crippen molar-refractivity contribution >= 4 is 11.8 Å². The standard InChI is InChI=1S/C18H24FN3S/c1-2-22-17(12-14-7-4-3-5-8-14)20-21-18(22)23-13-15-9-6-10-16(19)11-15/h6,9-11,14H,2-5,7-8,12-13H2,1H3. The molecule has 2 aromatic rings. The Morgan fingerprint density at radius 3 is 2.78 bits per heavy atom. The highest BCUT2D eigenvalue weighted by molar-refractivity contribution is 7.98. The monoisotopic (exact) mass is 333 g/mol. The summed E-state index contributed by atoms with van der Waals surface area (Å²) in [5, 5.41) is 9.75. The van der Waals surface area contributed by atoms with E-state index in [2.05, 4.69) is 21.7 Å². The first-order valence-corrected chi connectivity index (χ1v) is 9.54. The van der Waals surface area contributed by atoms with Crippen LogP contribution in [0, 0.1) is 11.7 Å². The number of thioether (sulfide) groups is 1. The number of nitrogens with zero attached hydrogens (tertiary/aromatic N) is 3. The first kappa shape index (κ1) is 16.5. The Kier molecular flexibility index (Phi) is 5.70. The van der Waals surface area contributed by atoms with Crippen LogP contribution in [0.15, 0.2) is 29.4 Å². The quantitative estimate of drug-likeness (QED) is 0.708. The molecule has 0 aliphatic heterocycles. The van der Waals surface area contributed by atoms with E-state index in [1.807, 2.05) is 6.07 Å². The summed E-state index contributed by atoms with van der Waals surface area (Å²) in [5.74, 6) is 2.41. The van der Waals surface area contributed by atoms with Gasteiger partial charge in [-0.2, -0.15) is 0 Å². The van der Waals surface area contributed by atoms with E-state index < -0.39 is 0 Å². The molecule has 1 heterocycles. The minimum Gasteiger partial charge on any atom is -0.306 e. The van der Waals surface area contributed by atoms with Gasteiger partial charge in [-0.3, -0.25) is 0 Å². The average Bonchev–Trinajstić information content (AvgIpc) is 2.95. The summed E-state index contributed by atoms with van der Waals surface area (Å²) in [5.41, 5.74) is 0.981. The van der Waals surface area contributed by atoms with Gasteiger partial charge in [0.1, 0.15) is 11.6 Å². The fourth-order valence-electron chi connectivity index (χ4n) is 3.32. The molecule has 124 valence electrons. The Labute approximate surface area is 141 Å². The molecule has 1 saturated carbocycles. The van der Waals surface area contributed by atoms with Crippen molar-refractivity contribution in [3.63, 3.8) is 0 Å². The maximum Gasteiger partial charge on any atom is 0.191 e. The fourth-order valence-corrected chi connectivity index (χ4v) is 4.28. The molecule has 3 nitrogen and oxygen atoms in total. The van der Waals surface area contributed by atoms with E-state index in [-0.39, 0.29) is 5.82 Å². The van der Waals surface area contributed by atoms with E-state index in [1.165, 1.54) is 38.2 Å². The van der Waals surface area contributed by atoms with Crippen LogP contribution >= 0.6 is 11.8 Å². The molecule has 0 spiro atoms. The van der Waals surface area contributed by atoms with Gasteiger partial charge >= 0.3 is 0 Å². The topological polar surface area (TPSA) is 30.7 Å². The van der Waals surface area contributed by atoms with Crippen molar-refractivity contribution in [3.05, 3.63) is 41.5 Å². The third-order valence-corrected chi connectivity index (χ3v) is 5.60. The van der Waals surface area contributed by atoms with E-state index >= 15 is 0 Å². The van der Waals surface area contributed by atoms with E-state index in [9.17, 15) is 4.39 Å². The number of hydrogen-bond donors (Lipinski definition) is 0. The predicted octanol–water partition coefficient (Wildman–Crippen LogP) is 4.85. The molecule has 0 saturated heterocycles. The van der Waals surface area contributed by atoms with Crippen LogP contribution in [0.25, 0.3) is 0 Å². The molecule has 0 amide bonds. The summed E-state index contributed by atoms with van der Waals surface area (Å²) in [6, 6.07) is 6.77. The molecule has 0 N–H and O–H groups in total. The smallest absolute Gasteiger partial charge is 0.191 e. The largest absolute Gasteiger partial charge is 0.306 e. The number of rotatable bonds is 6. The summed E-state index contributed by atoms with van der Waals surface area (Å²) in [4.78, 5) is 0. The second kappa shape index (κ2) is 7.95. The zero-order valence-electron chi connectivity index (χ0n) is 13.7. The molecule has 1 aromatic carbocycles. The normalized spacial score (nSPS) is 15.9. The van der Waals surface area contributed by atoms with Crippen molar-refractivity contribution in [2.75, 3.05) is 0 Å². The molecule has 1 aliphatic rings. The Balaban J connectivity index is 1.65. The van der Waals surface area contributed by atoms with Crippen LogP contribution in [0.2, 0.25) is 0 Å². The Hall–Kier alpha value is -1.36. The van der Waals surface area contributed by atoms with E-state index in [0.29, 0.717) is 0 Å². The minimum atomic E-state index is -0.182. The third kappa shape index (κ3) is 4.34. The van der Waals surface area contributed by atoms with Crippen molar-refractivity contribution < 1.29 is 4.39 Å². The average molecular weight is 333 g/mol. The van der Waals surface area contributed by atoms with Crippen molar-refractivity contribution in [1.29, 1.82) is 0 Å². The number of benzene rings is 1. The lowest BCUT2D eigenvalue weighted by Crippen LogP contribution is -2.13. The van der Waals surface area contributed by atoms with E-state index in [1.54, 1.807) is 23.9 Å². The van der Waals surface area contributed by atoms with Gasteiger partial charge in [-0.1, -0.05) is 56.0 Å². The van der Waals surface area contributed by atoms with Gasteiger partial charge in [0.2, 0.25) is 0 Å². The number of aromatic nitrogens is 3. The fraction of sp³-hybridized carbons (Fsp3) is 0.556. The molecule has 1 fully saturated rings. The van der Waals surface area contributed by atoms with Gasteiger partial charge in [0.15, 0.2) is 5.16 Å². The molecule has 0 bridgehead atoms. The van der Waals surface area contributed by atoms with Crippen LogP contribution < -0.4 is 0 Å². The lowest BCUT2D eigenvalue weighted by atomic mass is 9.87. The van der Waals surface area contributed by atoms with E-state index in [4.69, 9.17) is 0 Å². The van der Waals surface area contributed by atoms with Gasteiger partial charge in [0.25, 0.3) is 0 Å². The highest BCUT2D eigenvalue weighted by atomic mass is 32.2. The zero-order chi connectivity index (χ0) is 16.1. The van der Waals surface area contributed by atoms with Crippen molar-refractivity contribution in [1.82, 2.24) is 14.8 Å². The van der Waals surface area contributed by atoms with Crippen LogP contribution in [0.3, 0.4) is 0 Å². The third-order valence-electron chi connectivity index (χ3n) is 4.56. The summed E-state index contributed by atoms with van der Waals surface area (Å²) in [7, 11) is 0. The SMILES string of the molecule is CCn1c(CC2CCCCC2)nnc1SCc1cccc(F)c1. The molecule has 3 rings (SSSR count). The molecule has 23 heavy (non-hydrogen) atoms. The summed E-state index contributed by atoms with van der Waals surface area (Å²) in [6.45, 7) is 3.03. The van der Waals surface area contributed by atoms with Crippen molar-refractivity contribution in [2.45, 2.75) is 62.9 Å². The van der Waals surface area contributed by atoms with Gasteiger partial charge in [-0.25, -0.2) is 4.39 Å². The molecule has 1 aromatic heterocycles. The van der Waals surface area contributed by atoms with Crippen molar-refractivity contribution in [2.24, 2.45) is 5.92 Å². The summed E-state index contributed by atoms with van der Waals surface area (Å²) < 4.78 is 15.5. The zero-order valence-corrected chi connectivity index (χ0v) is 14.5. The lowest BCUT2D eigenvalue weighted by Gasteiger charge is -2.21. The van der Waals surface area contributed by atoms with Crippen molar-refractivity contribution in [3.8, 4) is 0 Å². The minimum absolute atomic E-state index is 0.182. The Bertz CT molecular complexity index is 635. The molecular weight excluding hydrogens is 309 g/mol. The molecule has 1 aliphatic carbocycles. The predicted molar refractivity (Wildman–Crippen MR) is 91.9 cm³/mol. The maximum absolute atomic E-state index is 13.3. The van der Waals surface area contributed by atoms with Crippen LogP contribution in [-0.2, 0) is 18.7 Å². The molecular formula is C18H24FN3S. The van der Waals surface area contributed by atoms with Crippen LogP contribution in [0.1, 0.15) is 50.4 Å². The van der Waals surface area contributed by atoms with Gasteiger partial charge in [0.05, 0.1) is 0 Å². The lowest BCUT2D eigenvalue weighted by molar-refractivity contribution is 0.347. The molecule has 0 unspecified atom stereocenters. The van der Waals surface area contributed by atoms with Crippen LogP contribution in [0.5, 0.6) is 0 Å². The molecule has 0 atom stereocenters. The summed E-state index contributed by atoms with van der Waals surface area (Å²) in [6.07, 6.45) is 7.77. The van der Waals surface area contributed by atoms with Crippen LogP contribution in [-0.4, -0.2) is 14.8 Å². The van der Waals surface area contributed by atoms with E-state index in [0.717, 1.165) is 41.2 Å². The number of halogens is 1. The van der Waals surface area contributed by atoms with Gasteiger partial charge < -0.3 is 4.57 Å². The number of hydrogen-bond acceptors (Lipinski definition) is 3. The maximum atomic E-state index is 13.3. The molecule has 5 heteroatoms.